The summed E-state index contributed by atoms with van der Waals surface area (Å²) in [7, 11) is 3.09. The molecule has 3 aromatic rings. The highest BCUT2D eigenvalue weighted by atomic mass is 19.4. The first-order chi connectivity index (χ1) is 13.8. The largest absolute Gasteiger partial charge is 0.481 e. The van der Waals surface area contributed by atoms with Crippen molar-refractivity contribution in [3.05, 3.63) is 59.3 Å². The highest BCUT2D eigenvalue weighted by Crippen LogP contribution is 2.36. The Balaban J connectivity index is 1.80. The lowest BCUT2D eigenvalue weighted by Crippen LogP contribution is -2.43. The van der Waals surface area contributed by atoms with Crippen molar-refractivity contribution in [1.29, 1.82) is 0 Å². The standard InChI is InChI=1S/C18H17F3N6O2/c1-25-13(29-2)10-12(24-25)16(28)26-8-9-27-15(22-23-17(27)18(19,20)21)14(26)11-6-4-3-5-7-11/h3-7,10,14H,8-9H2,1-2H3. The summed E-state index contributed by atoms with van der Waals surface area (Å²) in [6, 6.07) is 9.43. The summed E-state index contributed by atoms with van der Waals surface area (Å²) in [5.41, 5.74) is 0.764. The summed E-state index contributed by atoms with van der Waals surface area (Å²) in [5.74, 6) is -1.05. The van der Waals surface area contributed by atoms with Crippen LogP contribution in [0.5, 0.6) is 5.88 Å². The zero-order valence-corrected chi connectivity index (χ0v) is 15.6. The second-order valence-electron chi connectivity index (χ2n) is 6.54. The molecule has 1 aliphatic rings. The number of fused-ring (bicyclic) bond motifs is 1. The summed E-state index contributed by atoms with van der Waals surface area (Å²) in [5, 5.41) is 11.3. The van der Waals surface area contributed by atoms with Gasteiger partial charge in [0.05, 0.1) is 7.11 Å². The molecule has 0 radical (unpaired) electrons. The number of nitrogens with zero attached hydrogens (tertiary/aromatic N) is 6. The molecule has 3 heterocycles. The fraction of sp³-hybridized carbons (Fsp3) is 0.333. The van der Waals surface area contributed by atoms with Gasteiger partial charge in [-0.25, -0.2) is 4.68 Å². The van der Waals surface area contributed by atoms with Crippen molar-refractivity contribution in [3.8, 4) is 5.88 Å². The molecule has 8 nitrogen and oxygen atoms in total. The lowest BCUT2D eigenvalue weighted by molar-refractivity contribution is -0.148. The van der Waals surface area contributed by atoms with Crippen LogP contribution in [0.2, 0.25) is 0 Å². The second kappa shape index (κ2) is 6.90. The van der Waals surface area contributed by atoms with Crippen molar-refractivity contribution >= 4 is 5.91 Å². The molecule has 1 amide bonds. The van der Waals surface area contributed by atoms with E-state index in [0.29, 0.717) is 11.4 Å². The minimum Gasteiger partial charge on any atom is -0.481 e. The number of amides is 1. The van der Waals surface area contributed by atoms with E-state index in [0.717, 1.165) is 4.57 Å². The molecule has 2 aromatic heterocycles. The molecule has 1 aliphatic heterocycles. The Hall–Kier alpha value is -3.37. The molecule has 152 valence electrons. The molecule has 1 atom stereocenters. The van der Waals surface area contributed by atoms with E-state index in [-0.39, 0.29) is 24.6 Å². The van der Waals surface area contributed by atoms with Crippen molar-refractivity contribution in [3.63, 3.8) is 0 Å². The minimum absolute atomic E-state index is 0.0470. The maximum atomic E-state index is 13.3. The smallest absolute Gasteiger partial charge is 0.451 e. The van der Waals surface area contributed by atoms with E-state index in [9.17, 15) is 18.0 Å². The molecule has 0 fully saturated rings. The first kappa shape index (κ1) is 19.0. The Morgan fingerprint density at radius 1 is 1.17 bits per heavy atom. The molecule has 29 heavy (non-hydrogen) atoms. The van der Waals surface area contributed by atoms with Crippen molar-refractivity contribution < 1.29 is 22.7 Å². The van der Waals surface area contributed by atoms with Gasteiger partial charge in [-0.3, -0.25) is 4.79 Å². The number of alkyl halides is 3. The molecular weight excluding hydrogens is 389 g/mol. The van der Waals surface area contributed by atoms with Crippen LogP contribution in [0.1, 0.15) is 33.7 Å². The number of rotatable bonds is 3. The lowest BCUT2D eigenvalue weighted by atomic mass is 10.0. The summed E-state index contributed by atoms with van der Waals surface area (Å²) < 4.78 is 47.5. The number of aryl methyl sites for hydroxylation is 1. The maximum absolute atomic E-state index is 13.3. The van der Waals surface area contributed by atoms with Gasteiger partial charge in [-0.05, 0) is 5.56 Å². The van der Waals surface area contributed by atoms with Crippen LogP contribution in [0.3, 0.4) is 0 Å². The highest BCUT2D eigenvalue weighted by molar-refractivity contribution is 5.93. The average molecular weight is 406 g/mol. The predicted molar refractivity (Wildman–Crippen MR) is 94.1 cm³/mol. The summed E-state index contributed by atoms with van der Waals surface area (Å²) in [6.45, 7) is -0.0262. The SMILES string of the molecule is COc1cc(C(=O)N2CCn3c(nnc3C(F)(F)F)C2c2ccccc2)nn1C. The normalized spacial score (nSPS) is 16.6. The van der Waals surface area contributed by atoms with Crippen molar-refractivity contribution in [2.75, 3.05) is 13.7 Å². The van der Waals surface area contributed by atoms with Crippen molar-refractivity contribution in [1.82, 2.24) is 29.4 Å². The molecule has 0 saturated heterocycles. The van der Waals surface area contributed by atoms with Crippen LogP contribution in [0.25, 0.3) is 0 Å². The number of methoxy groups -OCH3 is 1. The zero-order chi connectivity index (χ0) is 20.8. The molecule has 4 rings (SSSR count). The molecular formula is C18H17F3N6O2. The fourth-order valence-electron chi connectivity index (χ4n) is 3.50. The third-order valence-electron chi connectivity index (χ3n) is 4.79. The van der Waals surface area contributed by atoms with E-state index in [2.05, 4.69) is 15.3 Å². The van der Waals surface area contributed by atoms with Crippen molar-refractivity contribution in [2.24, 2.45) is 7.05 Å². The maximum Gasteiger partial charge on any atom is 0.451 e. The van der Waals surface area contributed by atoms with E-state index >= 15 is 0 Å². The van der Waals surface area contributed by atoms with Gasteiger partial charge in [0.25, 0.3) is 5.91 Å². The molecule has 0 saturated carbocycles. The molecule has 1 unspecified atom stereocenters. The summed E-state index contributed by atoms with van der Waals surface area (Å²) in [4.78, 5) is 14.7. The van der Waals surface area contributed by atoms with Crippen LogP contribution < -0.4 is 4.74 Å². The predicted octanol–water partition coefficient (Wildman–Crippen LogP) is 2.28. The van der Waals surface area contributed by atoms with Crippen LogP contribution in [-0.4, -0.2) is 49.0 Å². The third-order valence-corrected chi connectivity index (χ3v) is 4.79. The third kappa shape index (κ3) is 3.22. The van der Waals surface area contributed by atoms with Gasteiger partial charge >= 0.3 is 6.18 Å². The van der Waals surface area contributed by atoms with Crippen LogP contribution >= 0.6 is 0 Å². The molecule has 0 spiro atoms. The van der Waals surface area contributed by atoms with Gasteiger partial charge in [0.15, 0.2) is 11.5 Å². The van der Waals surface area contributed by atoms with Crippen LogP contribution in [0.15, 0.2) is 36.4 Å². The molecule has 0 aliphatic carbocycles. The summed E-state index contributed by atoms with van der Waals surface area (Å²) >= 11 is 0. The van der Waals surface area contributed by atoms with Gasteiger partial charge in [-0.2, -0.15) is 18.3 Å². The van der Waals surface area contributed by atoms with Crippen LogP contribution in [0, 0.1) is 0 Å². The first-order valence-electron chi connectivity index (χ1n) is 8.75. The zero-order valence-electron chi connectivity index (χ0n) is 15.6. The van der Waals surface area contributed by atoms with Gasteiger partial charge < -0.3 is 14.2 Å². The van der Waals surface area contributed by atoms with Gasteiger partial charge in [-0.1, -0.05) is 30.3 Å². The van der Waals surface area contributed by atoms with Crippen LogP contribution in [-0.2, 0) is 19.8 Å². The van der Waals surface area contributed by atoms with Crippen molar-refractivity contribution in [2.45, 2.75) is 18.8 Å². The van der Waals surface area contributed by atoms with Gasteiger partial charge in [0.2, 0.25) is 11.7 Å². The Bertz CT molecular complexity index is 1040. The van der Waals surface area contributed by atoms with Gasteiger partial charge in [-0.15, -0.1) is 10.2 Å². The van der Waals surface area contributed by atoms with Gasteiger partial charge in [0.1, 0.15) is 6.04 Å². The van der Waals surface area contributed by atoms with Gasteiger partial charge in [0, 0.05) is 26.2 Å². The highest BCUT2D eigenvalue weighted by Gasteiger charge is 2.43. The molecule has 0 N–H and O–H groups in total. The number of benzene rings is 1. The Labute approximate surface area is 163 Å². The number of hydrogen-bond donors (Lipinski definition) is 0. The quantitative estimate of drug-likeness (QED) is 0.667. The first-order valence-corrected chi connectivity index (χ1v) is 8.75. The molecule has 0 bridgehead atoms. The van der Waals surface area contributed by atoms with E-state index in [1.54, 1.807) is 37.4 Å². The second-order valence-corrected chi connectivity index (χ2v) is 6.54. The number of carbonyl (C=O) groups is 1. The topological polar surface area (TPSA) is 78.1 Å². The number of aromatic nitrogens is 5. The summed E-state index contributed by atoms with van der Waals surface area (Å²) in [6.07, 6.45) is -4.63. The van der Waals surface area contributed by atoms with Crippen LogP contribution in [0.4, 0.5) is 13.2 Å². The molecule has 1 aromatic carbocycles. The fourth-order valence-corrected chi connectivity index (χ4v) is 3.50. The molecule has 11 heteroatoms. The average Bonchev–Trinajstić information content (AvgIpc) is 3.30. The van der Waals surface area contributed by atoms with E-state index < -0.39 is 23.9 Å². The number of halogens is 3. The number of ether oxygens (including phenoxy) is 1. The minimum atomic E-state index is -4.63. The number of carbonyl (C=O) groups excluding carboxylic acids is 1. The van der Waals surface area contributed by atoms with E-state index in [4.69, 9.17) is 4.74 Å². The van der Waals surface area contributed by atoms with E-state index in [1.165, 1.54) is 22.8 Å². The Morgan fingerprint density at radius 3 is 2.52 bits per heavy atom. The Morgan fingerprint density at radius 2 is 1.90 bits per heavy atom. The number of hydrogen-bond acceptors (Lipinski definition) is 5. The lowest BCUT2D eigenvalue weighted by Gasteiger charge is -2.35. The Kier molecular flexibility index (Phi) is 4.52. The van der Waals surface area contributed by atoms with E-state index in [1.807, 2.05) is 0 Å². The monoisotopic (exact) mass is 406 g/mol.